The number of ether oxygens (including phenoxy) is 1. The minimum absolute atomic E-state index is 0.291. The molecule has 4 nitrogen and oxygen atoms in total. The van der Waals surface area contributed by atoms with E-state index in [9.17, 15) is 9.59 Å². The van der Waals surface area contributed by atoms with Gasteiger partial charge in [0.25, 0.3) is 5.91 Å². The quantitative estimate of drug-likeness (QED) is 0.840. The van der Waals surface area contributed by atoms with E-state index in [1.165, 1.54) is 0 Å². The molecule has 1 N–H and O–H groups in total. The molecule has 2 aromatic rings. The molecule has 0 fully saturated rings. The Labute approximate surface area is 143 Å². The van der Waals surface area contributed by atoms with Gasteiger partial charge in [-0.2, -0.15) is 0 Å². The molecule has 0 radical (unpaired) electrons. The third kappa shape index (κ3) is 3.29. The van der Waals surface area contributed by atoms with E-state index in [-0.39, 0.29) is 5.91 Å². The molecule has 1 unspecified atom stereocenters. The highest BCUT2D eigenvalue weighted by atomic mass is 79.9. The van der Waals surface area contributed by atoms with Crippen LogP contribution in [0, 0.1) is 0 Å². The number of nitrogens with one attached hydrogen (secondary N) is 1. The van der Waals surface area contributed by atoms with E-state index >= 15 is 0 Å². The lowest BCUT2D eigenvalue weighted by atomic mass is 9.89. The Bertz CT molecular complexity index is 774. The van der Waals surface area contributed by atoms with Crippen molar-refractivity contribution in [3.05, 3.63) is 69.7 Å². The lowest BCUT2D eigenvalue weighted by molar-refractivity contribution is -0.139. The molecule has 1 aliphatic heterocycles. The highest BCUT2D eigenvalue weighted by molar-refractivity contribution is 9.10. The maximum absolute atomic E-state index is 12.5. The second kappa shape index (κ2) is 6.16. The molecule has 0 saturated heterocycles. The maximum Gasteiger partial charge on any atom is 0.339 e. The van der Waals surface area contributed by atoms with E-state index in [2.05, 4.69) is 21.2 Å². The van der Waals surface area contributed by atoms with Gasteiger partial charge in [0.2, 0.25) is 0 Å². The summed E-state index contributed by atoms with van der Waals surface area (Å²) in [6.07, 6.45) is 0.374. The van der Waals surface area contributed by atoms with Crippen molar-refractivity contribution in [3.63, 3.8) is 0 Å². The molecule has 118 valence electrons. The van der Waals surface area contributed by atoms with Crippen molar-refractivity contribution in [1.29, 1.82) is 0 Å². The van der Waals surface area contributed by atoms with Crippen molar-refractivity contribution in [1.82, 2.24) is 5.32 Å². The Morgan fingerprint density at radius 1 is 1.26 bits per heavy atom. The molecule has 0 saturated carbocycles. The van der Waals surface area contributed by atoms with Crippen LogP contribution in [0.3, 0.4) is 0 Å². The zero-order valence-corrected chi connectivity index (χ0v) is 14.2. The fourth-order valence-electron chi connectivity index (χ4n) is 2.68. The Morgan fingerprint density at radius 3 is 2.83 bits per heavy atom. The number of carbonyl (C=O) groups excluding carboxylic acids is 2. The summed E-state index contributed by atoms with van der Waals surface area (Å²) < 4.78 is 6.37. The minimum Gasteiger partial charge on any atom is -0.445 e. The summed E-state index contributed by atoms with van der Waals surface area (Å²) in [4.78, 5) is 24.6. The van der Waals surface area contributed by atoms with E-state index in [0.29, 0.717) is 18.5 Å². The number of benzene rings is 2. The molecule has 2 aromatic carbocycles. The molecule has 1 atom stereocenters. The predicted molar refractivity (Wildman–Crippen MR) is 90.0 cm³/mol. The van der Waals surface area contributed by atoms with Crippen LogP contribution >= 0.6 is 15.9 Å². The van der Waals surface area contributed by atoms with Crippen LogP contribution < -0.4 is 5.32 Å². The largest absolute Gasteiger partial charge is 0.445 e. The second-order valence-corrected chi connectivity index (χ2v) is 6.68. The third-order valence-electron chi connectivity index (χ3n) is 3.91. The van der Waals surface area contributed by atoms with Crippen LogP contribution in [0.25, 0.3) is 0 Å². The summed E-state index contributed by atoms with van der Waals surface area (Å²) in [6.45, 7) is 2.03. The van der Waals surface area contributed by atoms with Crippen molar-refractivity contribution in [2.24, 2.45) is 0 Å². The van der Waals surface area contributed by atoms with Gasteiger partial charge in [0.05, 0.1) is 5.56 Å². The number of cyclic esters (lactones) is 1. The zero-order valence-electron chi connectivity index (χ0n) is 12.6. The van der Waals surface area contributed by atoms with Crippen molar-refractivity contribution in [2.75, 3.05) is 0 Å². The summed E-state index contributed by atoms with van der Waals surface area (Å²) in [5, 5.41) is 2.85. The first-order valence-corrected chi connectivity index (χ1v) is 8.11. The van der Waals surface area contributed by atoms with Crippen LogP contribution in [0.1, 0.15) is 28.4 Å². The average Bonchev–Trinajstić information content (AvgIpc) is 2.52. The molecular weight excluding hydrogens is 358 g/mol. The van der Waals surface area contributed by atoms with E-state index in [4.69, 9.17) is 4.74 Å². The standard InChI is InChI=1S/C18H16BrNO3/c1-18(10-13-6-2-3-8-15(13)16(21)23-18)17(22)20-11-12-5-4-7-14(19)9-12/h2-9H,10-11H2,1H3,(H,20,22). The first kappa shape index (κ1) is 15.7. The van der Waals surface area contributed by atoms with Gasteiger partial charge in [0.1, 0.15) is 0 Å². The second-order valence-electron chi connectivity index (χ2n) is 5.77. The molecule has 1 amide bonds. The van der Waals surface area contributed by atoms with Crippen molar-refractivity contribution < 1.29 is 14.3 Å². The number of fused-ring (bicyclic) bond motifs is 1. The monoisotopic (exact) mass is 373 g/mol. The molecule has 23 heavy (non-hydrogen) atoms. The molecule has 0 bridgehead atoms. The van der Waals surface area contributed by atoms with Gasteiger partial charge < -0.3 is 10.1 Å². The van der Waals surface area contributed by atoms with Crippen LogP contribution in [0.15, 0.2) is 53.0 Å². The number of halogens is 1. The summed E-state index contributed by atoms with van der Waals surface area (Å²) in [6, 6.07) is 14.9. The lowest BCUT2D eigenvalue weighted by Gasteiger charge is -2.33. The summed E-state index contributed by atoms with van der Waals surface area (Å²) in [7, 11) is 0. The summed E-state index contributed by atoms with van der Waals surface area (Å²) in [5.41, 5.74) is 1.16. The molecule has 0 spiro atoms. The van der Waals surface area contributed by atoms with E-state index in [0.717, 1.165) is 15.6 Å². The van der Waals surface area contributed by atoms with Gasteiger partial charge in [-0.3, -0.25) is 4.79 Å². The van der Waals surface area contributed by atoms with E-state index in [1.807, 2.05) is 36.4 Å². The fourth-order valence-corrected chi connectivity index (χ4v) is 3.12. The van der Waals surface area contributed by atoms with Crippen molar-refractivity contribution >= 4 is 27.8 Å². The Morgan fingerprint density at radius 2 is 2.04 bits per heavy atom. The lowest BCUT2D eigenvalue weighted by Crippen LogP contribution is -2.51. The first-order valence-electron chi connectivity index (χ1n) is 7.32. The molecule has 1 aliphatic rings. The minimum atomic E-state index is -1.18. The molecular formula is C18H16BrNO3. The van der Waals surface area contributed by atoms with Crippen molar-refractivity contribution in [2.45, 2.75) is 25.5 Å². The van der Waals surface area contributed by atoms with Crippen LogP contribution in [0.5, 0.6) is 0 Å². The van der Waals surface area contributed by atoms with E-state index in [1.54, 1.807) is 19.1 Å². The van der Waals surface area contributed by atoms with Gasteiger partial charge in [-0.25, -0.2) is 4.79 Å². The third-order valence-corrected chi connectivity index (χ3v) is 4.40. The molecule has 0 aromatic heterocycles. The van der Waals surface area contributed by atoms with Gasteiger partial charge in [-0.1, -0.05) is 46.3 Å². The van der Waals surface area contributed by atoms with Crippen molar-refractivity contribution in [3.8, 4) is 0 Å². The number of rotatable bonds is 3. The fraction of sp³-hybridized carbons (Fsp3) is 0.222. The Hall–Kier alpha value is -2.14. The van der Waals surface area contributed by atoms with Gasteiger partial charge in [-0.15, -0.1) is 0 Å². The smallest absolute Gasteiger partial charge is 0.339 e. The highest BCUT2D eigenvalue weighted by Gasteiger charge is 2.42. The first-order chi connectivity index (χ1) is 11.0. The normalized spacial score (nSPS) is 19.7. The van der Waals surface area contributed by atoms with Gasteiger partial charge in [0, 0.05) is 17.4 Å². The number of carbonyl (C=O) groups is 2. The Kier molecular flexibility index (Phi) is 4.22. The molecule has 3 rings (SSSR count). The number of esters is 1. The number of amides is 1. The van der Waals surface area contributed by atoms with Gasteiger partial charge >= 0.3 is 5.97 Å². The number of hydrogen-bond acceptors (Lipinski definition) is 3. The average molecular weight is 374 g/mol. The van der Waals surface area contributed by atoms with Crippen LogP contribution in [0.2, 0.25) is 0 Å². The van der Waals surface area contributed by atoms with Crippen LogP contribution in [0.4, 0.5) is 0 Å². The SMILES string of the molecule is CC1(C(=O)NCc2cccc(Br)c2)Cc2ccccc2C(=O)O1. The highest BCUT2D eigenvalue weighted by Crippen LogP contribution is 2.28. The maximum atomic E-state index is 12.5. The Balaban J connectivity index is 1.73. The van der Waals surface area contributed by atoms with E-state index < -0.39 is 11.6 Å². The van der Waals surface area contributed by atoms with Crippen LogP contribution in [-0.2, 0) is 22.5 Å². The predicted octanol–water partition coefficient (Wildman–Crippen LogP) is 3.24. The van der Waals surface area contributed by atoms with Gasteiger partial charge in [-0.05, 0) is 36.2 Å². The molecule has 1 heterocycles. The number of hydrogen-bond donors (Lipinski definition) is 1. The summed E-state index contributed by atoms with van der Waals surface area (Å²) in [5.74, 6) is -0.743. The van der Waals surface area contributed by atoms with Crippen LogP contribution in [-0.4, -0.2) is 17.5 Å². The molecule has 5 heteroatoms. The van der Waals surface area contributed by atoms with Gasteiger partial charge in [0.15, 0.2) is 5.60 Å². The summed E-state index contributed by atoms with van der Waals surface area (Å²) >= 11 is 3.40. The topological polar surface area (TPSA) is 55.4 Å². The molecule has 0 aliphatic carbocycles. The zero-order chi connectivity index (χ0) is 16.4.